The minimum Gasteiger partial charge on any atom is -0.194 e. The Labute approximate surface area is 148 Å². The molecule has 0 saturated heterocycles. The Balaban J connectivity index is 4.85. The first kappa shape index (κ1) is 22.8. The lowest BCUT2D eigenvalue weighted by Crippen LogP contribution is -2.14. The van der Waals surface area contributed by atoms with Crippen molar-refractivity contribution in [2.75, 3.05) is 0 Å². The average Bonchev–Trinajstić information content (AvgIpc) is 2.41. The minimum absolute atomic E-state index is 0.194. The molecule has 1 atom stereocenters. The number of rotatable bonds is 10. The van der Waals surface area contributed by atoms with Crippen LogP contribution in [0.2, 0.25) is 0 Å². The van der Waals surface area contributed by atoms with Crippen LogP contribution in [0.25, 0.3) is 0 Å². The second-order valence-electron chi connectivity index (χ2n) is 6.95. The van der Waals surface area contributed by atoms with Crippen LogP contribution >= 0.6 is 0 Å². The summed E-state index contributed by atoms with van der Waals surface area (Å²) < 4.78 is 36.4. The second kappa shape index (κ2) is 11.4. The zero-order valence-corrected chi connectivity index (χ0v) is 16.8. The third-order valence-corrected chi connectivity index (χ3v) is 4.76. The summed E-state index contributed by atoms with van der Waals surface area (Å²) in [5.41, 5.74) is 4.50. The summed E-state index contributed by atoms with van der Waals surface area (Å²) in [6.07, 6.45) is 11.2. The van der Waals surface area contributed by atoms with E-state index in [4.69, 9.17) is 0 Å². The van der Waals surface area contributed by atoms with Crippen LogP contribution in [-0.4, -0.2) is 13.7 Å². The van der Waals surface area contributed by atoms with Gasteiger partial charge in [-0.2, -0.15) is 8.42 Å². The monoisotopic (exact) mass is 356 g/mol. The molecule has 0 amide bonds. The standard InChI is InChI=1S/C20H33FO2S/c1-16(2)9-7-11-18(5)13-14-20(24(21,22)23)15-19(6)12-8-10-17(3)4/h9-10,13,15,20H,7-8,11-12,14H2,1-6H3/b18-13+,19-15+. The molecule has 1 unspecified atom stereocenters. The van der Waals surface area contributed by atoms with Gasteiger partial charge in [0.05, 0.1) is 0 Å². The average molecular weight is 357 g/mol. The molecule has 0 radical (unpaired) electrons. The summed E-state index contributed by atoms with van der Waals surface area (Å²) in [4.78, 5) is 0. The largest absolute Gasteiger partial charge is 0.309 e. The van der Waals surface area contributed by atoms with Gasteiger partial charge in [-0.05, 0) is 73.6 Å². The van der Waals surface area contributed by atoms with E-state index in [1.165, 1.54) is 11.1 Å². The molecule has 4 heteroatoms. The molecule has 0 rings (SSSR count). The van der Waals surface area contributed by atoms with Crippen LogP contribution in [0.5, 0.6) is 0 Å². The Kier molecular flexibility index (Phi) is 10.9. The highest BCUT2D eigenvalue weighted by Crippen LogP contribution is 2.18. The van der Waals surface area contributed by atoms with Crippen LogP contribution in [0.15, 0.2) is 46.6 Å². The lowest BCUT2D eigenvalue weighted by Gasteiger charge is -2.09. The van der Waals surface area contributed by atoms with Crippen LogP contribution in [0, 0.1) is 0 Å². The second-order valence-corrected chi connectivity index (χ2v) is 8.51. The molecule has 0 bridgehead atoms. The van der Waals surface area contributed by atoms with E-state index in [0.717, 1.165) is 36.8 Å². The molecule has 0 aliphatic carbocycles. The smallest absolute Gasteiger partial charge is 0.194 e. The van der Waals surface area contributed by atoms with Gasteiger partial charge in [0.25, 0.3) is 0 Å². The van der Waals surface area contributed by atoms with E-state index in [1.54, 1.807) is 6.08 Å². The zero-order chi connectivity index (χ0) is 18.8. The Morgan fingerprint density at radius 3 is 1.71 bits per heavy atom. The molecular weight excluding hydrogens is 323 g/mol. The molecule has 138 valence electrons. The number of allylic oxidation sites excluding steroid dienone is 7. The lowest BCUT2D eigenvalue weighted by atomic mass is 10.1. The van der Waals surface area contributed by atoms with Crippen molar-refractivity contribution in [1.82, 2.24) is 0 Å². The highest BCUT2D eigenvalue weighted by Gasteiger charge is 2.21. The maximum absolute atomic E-state index is 13.5. The van der Waals surface area contributed by atoms with Gasteiger partial charge in [-0.3, -0.25) is 0 Å². The topological polar surface area (TPSA) is 34.1 Å². The highest BCUT2D eigenvalue weighted by atomic mass is 32.3. The molecule has 0 spiro atoms. The van der Waals surface area contributed by atoms with Gasteiger partial charge >= 0.3 is 10.2 Å². The van der Waals surface area contributed by atoms with Crippen molar-refractivity contribution < 1.29 is 12.3 Å². The maximum Gasteiger partial charge on any atom is 0.309 e. The fourth-order valence-corrected chi connectivity index (χ4v) is 2.98. The molecule has 0 aromatic rings. The molecule has 24 heavy (non-hydrogen) atoms. The fourth-order valence-electron chi connectivity index (χ4n) is 2.26. The first-order chi connectivity index (χ1) is 11.0. The highest BCUT2D eigenvalue weighted by molar-refractivity contribution is 7.87. The van der Waals surface area contributed by atoms with E-state index in [-0.39, 0.29) is 6.42 Å². The van der Waals surface area contributed by atoms with Crippen molar-refractivity contribution in [3.8, 4) is 0 Å². The molecule has 0 heterocycles. The van der Waals surface area contributed by atoms with Crippen LogP contribution in [0.1, 0.15) is 73.6 Å². The third-order valence-electron chi connectivity index (χ3n) is 3.71. The van der Waals surface area contributed by atoms with E-state index in [0.29, 0.717) is 0 Å². The van der Waals surface area contributed by atoms with Crippen molar-refractivity contribution in [3.63, 3.8) is 0 Å². The van der Waals surface area contributed by atoms with Crippen LogP contribution in [0.3, 0.4) is 0 Å². The molecule has 0 aliphatic rings. The van der Waals surface area contributed by atoms with Crippen LogP contribution in [-0.2, 0) is 10.2 Å². The van der Waals surface area contributed by atoms with E-state index in [1.807, 2.05) is 47.6 Å². The normalized spacial score (nSPS) is 14.3. The molecule has 2 nitrogen and oxygen atoms in total. The van der Waals surface area contributed by atoms with Gasteiger partial charge in [0.2, 0.25) is 0 Å². The lowest BCUT2D eigenvalue weighted by molar-refractivity contribution is 0.542. The molecule has 0 fully saturated rings. The van der Waals surface area contributed by atoms with Gasteiger partial charge < -0.3 is 0 Å². The molecule has 0 N–H and O–H groups in total. The third kappa shape index (κ3) is 12.3. The quantitative estimate of drug-likeness (QED) is 0.334. The zero-order valence-electron chi connectivity index (χ0n) is 16.0. The molecule has 0 saturated carbocycles. The number of halogens is 1. The summed E-state index contributed by atoms with van der Waals surface area (Å²) in [6, 6.07) is 0. The van der Waals surface area contributed by atoms with Crippen molar-refractivity contribution in [2.45, 2.75) is 78.9 Å². The predicted octanol–water partition coefficient (Wildman–Crippen LogP) is 6.43. The summed E-state index contributed by atoms with van der Waals surface area (Å²) in [5.74, 6) is 0. The first-order valence-corrected chi connectivity index (χ1v) is 10.00. The van der Waals surface area contributed by atoms with Gasteiger partial charge in [0.15, 0.2) is 0 Å². The first-order valence-electron chi connectivity index (χ1n) is 8.55. The fraction of sp³-hybridized carbons (Fsp3) is 0.600. The SMILES string of the molecule is CC(C)=CCC/C(C)=C/CC(/C=C(\C)CCC=C(C)C)S(=O)(=O)F. The van der Waals surface area contributed by atoms with Crippen molar-refractivity contribution in [1.29, 1.82) is 0 Å². The van der Waals surface area contributed by atoms with Gasteiger partial charge in [-0.1, -0.05) is 46.6 Å². The van der Waals surface area contributed by atoms with E-state index >= 15 is 0 Å². The predicted molar refractivity (Wildman–Crippen MR) is 103 cm³/mol. The van der Waals surface area contributed by atoms with Gasteiger partial charge in [0, 0.05) is 0 Å². The van der Waals surface area contributed by atoms with Crippen LogP contribution < -0.4 is 0 Å². The Morgan fingerprint density at radius 1 is 0.833 bits per heavy atom. The molecule has 0 aromatic carbocycles. The van der Waals surface area contributed by atoms with Crippen molar-refractivity contribution in [3.05, 3.63) is 46.6 Å². The van der Waals surface area contributed by atoms with Gasteiger partial charge in [-0.15, -0.1) is 3.89 Å². The van der Waals surface area contributed by atoms with E-state index in [2.05, 4.69) is 12.2 Å². The summed E-state index contributed by atoms with van der Waals surface area (Å²) >= 11 is 0. The van der Waals surface area contributed by atoms with Crippen LogP contribution in [0.4, 0.5) is 3.89 Å². The van der Waals surface area contributed by atoms with E-state index < -0.39 is 15.5 Å². The number of hydrogen-bond acceptors (Lipinski definition) is 2. The molecule has 0 aromatic heterocycles. The molecule has 0 aliphatic heterocycles. The molecular formula is C20H33FO2S. The van der Waals surface area contributed by atoms with Crippen molar-refractivity contribution in [2.24, 2.45) is 0 Å². The van der Waals surface area contributed by atoms with Gasteiger partial charge in [-0.25, -0.2) is 0 Å². The van der Waals surface area contributed by atoms with Crippen molar-refractivity contribution >= 4 is 10.2 Å². The summed E-state index contributed by atoms with van der Waals surface area (Å²) in [7, 11) is -4.58. The van der Waals surface area contributed by atoms with E-state index in [9.17, 15) is 12.3 Å². The maximum atomic E-state index is 13.5. The Bertz CT molecular complexity index is 600. The van der Waals surface area contributed by atoms with Gasteiger partial charge in [0.1, 0.15) is 5.25 Å². The number of hydrogen-bond donors (Lipinski definition) is 0. The Hall–Kier alpha value is -1.16. The Morgan fingerprint density at radius 2 is 1.29 bits per heavy atom. The summed E-state index contributed by atoms with van der Waals surface area (Å²) in [5, 5.41) is -1.08. The summed E-state index contributed by atoms with van der Waals surface area (Å²) in [6.45, 7) is 12.0. The minimum atomic E-state index is -4.58.